The Balaban J connectivity index is 1.82. The van der Waals surface area contributed by atoms with E-state index >= 15 is 0 Å². The normalized spacial score (nSPS) is 23.2. The fraction of sp³-hybridized carbons (Fsp3) is 0.429. The third-order valence-electron chi connectivity index (χ3n) is 5.51. The fourth-order valence-electron chi connectivity index (χ4n) is 4.14. The Hall–Kier alpha value is -1.79. The highest BCUT2D eigenvalue weighted by molar-refractivity contribution is 8.26. The van der Waals surface area contributed by atoms with Gasteiger partial charge in [0.15, 0.2) is 0 Å². The molecule has 3 aliphatic rings. The first-order valence-corrected chi connectivity index (χ1v) is 10.8. The molecule has 1 aliphatic carbocycles. The second-order valence-electron chi connectivity index (χ2n) is 7.05. The van der Waals surface area contributed by atoms with Crippen LogP contribution in [0.1, 0.15) is 44.6 Å². The van der Waals surface area contributed by atoms with Crippen LogP contribution in [-0.4, -0.2) is 34.8 Å². The van der Waals surface area contributed by atoms with Crippen molar-refractivity contribution in [2.45, 2.75) is 45.1 Å². The minimum atomic E-state index is 0.0323. The molecule has 2 heterocycles. The fourth-order valence-corrected chi connectivity index (χ4v) is 5.56. The van der Waals surface area contributed by atoms with Gasteiger partial charge in [-0.2, -0.15) is 0 Å². The number of ether oxygens (including phenoxy) is 1. The zero-order valence-corrected chi connectivity index (χ0v) is 17.4. The van der Waals surface area contributed by atoms with Gasteiger partial charge in [-0.3, -0.25) is 9.69 Å². The number of carbonyl (C=O) groups excluding carboxylic acids is 1. The number of nitrogens with zero attached hydrogens (tertiary/aromatic N) is 2. The van der Waals surface area contributed by atoms with Crippen molar-refractivity contribution in [3.05, 3.63) is 40.4 Å². The van der Waals surface area contributed by atoms with Crippen molar-refractivity contribution in [1.29, 1.82) is 0 Å². The summed E-state index contributed by atoms with van der Waals surface area (Å²) in [7, 11) is 1.69. The lowest BCUT2D eigenvalue weighted by Gasteiger charge is -2.40. The number of allylic oxidation sites excluding steroid dienone is 1. The van der Waals surface area contributed by atoms with Crippen molar-refractivity contribution in [2.75, 3.05) is 18.6 Å². The average molecular weight is 401 g/mol. The van der Waals surface area contributed by atoms with Crippen LogP contribution in [0, 0.1) is 0 Å². The third kappa shape index (κ3) is 3.29. The maximum atomic E-state index is 13.0. The van der Waals surface area contributed by atoms with Crippen molar-refractivity contribution in [3.8, 4) is 5.75 Å². The molecule has 0 spiro atoms. The van der Waals surface area contributed by atoms with Gasteiger partial charge in [-0.1, -0.05) is 49.3 Å². The Kier molecular flexibility index (Phi) is 5.28. The van der Waals surface area contributed by atoms with Gasteiger partial charge in [-0.15, -0.1) is 0 Å². The van der Waals surface area contributed by atoms with Crippen LogP contribution in [0.25, 0.3) is 6.08 Å². The second kappa shape index (κ2) is 7.68. The van der Waals surface area contributed by atoms with Crippen LogP contribution < -0.4 is 9.64 Å². The highest BCUT2D eigenvalue weighted by Crippen LogP contribution is 2.43. The van der Waals surface area contributed by atoms with E-state index in [2.05, 4.69) is 29.2 Å². The van der Waals surface area contributed by atoms with E-state index in [1.165, 1.54) is 31.0 Å². The molecule has 0 atom stereocenters. The van der Waals surface area contributed by atoms with Crippen molar-refractivity contribution in [2.24, 2.45) is 0 Å². The lowest BCUT2D eigenvalue weighted by Crippen LogP contribution is -2.38. The zero-order chi connectivity index (χ0) is 19.0. The molecular weight excluding hydrogens is 376 g/mol. The highest BCUT2D eigenvalue weighted by Gasteiger charge is 2.37. The number of anilines is 1. The van der Waals surface area contributed by atoms with Crippen molar-refractivity contribution >= 4 is 46.0 Å². The number of amides is 1. The summed E-state index contributed by atoms with van der Waals surface area (Å²) in [5.74, 6) is 0.882. The van der Waals surface area contributed by atoms with Crippen molar-refractivity contribution < 1.29 is 9.53 Å². The molecule has 0 radical (unpaired) electrons. The predicted molar refractivity (Wildman–Crippen MR) is 116 cm³/mol. The van der Waals surface area contributed by atoms with Crippen LogP contribution in [0.3, 0.4) is 0 Å². The first-order valence-electron chi connectivity index (χ1n) is 9.57. The number of methoxy groups -OCH3 is 1. The summed E-state index contributed by atoms with van der Waals surface area (Å²) in [5, 5.41) is 0. The third-order valence-corrected chi connectivity index (χ3v) is 6.97. The molecule has 2 aliphatic heterocycles. The number of hydrogen-bond acceptors (Lipinski definition) is 5. The lowest BCUT2D eigenvalue weighted by atomic mass is 9.91. The Labute approximate surface area is 170 Å². The number of likely N-dealkylation sites (N-methyl/N-ethyl adjacent to an activating group) is 1. The minimum absolute atomic E-state index is 0.0323. The quantitative estimate of drug-likeness (QED) is 0.529. The minimum Gasteiger partial charge on any atom is -0.497 e. The summed E-state index contributed by atoms with van der Waals surface area (Å²) in [6.07, 6.45) is 10.2. The van der Waals surface area contributed by atoms with Gasteiger partial charge in [-0.05, 0) is 44.0 Å². The Morgan fingerprint density at radius 1 is 1.22 bits per heavy atom. The van der Waals surface area contributed by atoms with Crippen LogP contribution in [0.5, 0.6) is 5.75 Å². The van der Waals surface area contributed by atoms with Gasteiger partial charge in [0.25, 0.3) is 5.91 Å². The molecule has 1 saturated carbocycles. The number of hydrogen-bond donors (Lipinski definition) is 0. The van der Waals surface area contributed by atoms with Gasteiger partial charge in [0.1, 0.15) is 15.0 Å². The van der Waals surface area contributed by atoms with Gasteiger partial charge in [0, 0.05) is 23.8 Å². The molecule has 4 nitrogen and oxygen atoms in total. The van der Waals surface area contributed by atoms with Crippen LogP contribution in [-0.2, 0) is 4.79 Å². The topological polar surface area (TPSA) is 32.8 Å². The SMILES string of the molecule is CCN1C(=O)/C(=C2\C=Cc3cc(OC)ccc3N2C2CCCCC2)SC1=S. The molecular formula is C21H24N2O2S2. The Morgan fingerprint density at radius 3 is 2.67 bits per heavy atom. The first-order chi connectivity index (χ1) is 13.1. The van der Waals surface area contributed by atoms with E-state index in [1.807, 2.05) is 13.0 Å². The molecule has 142 valence electrons. The standard InChI is InChI=1S/C21H24N2O2S2/c1-3-22-20(24)19(27-21(22)26)18-11-9-14-13-16(25-2)10-12-17(14)23(18)15-7-5-4-6-8-15/h9-13,15H,3-8H2,1-2H3/b19-18-. The van der Waals surface area contributed by atoms with E-state index < -0.39 is 0 Å². The van der Waals surface area contributed by atoms with E-state index in [0.29, 0.717) is 16.9 Å². The van der Waals surface area contributed by atoms with Crippen molar-refractivity contribution in [3.63, 3.8) is 0 Å². The molecule has 1 saturated heterocycles. The van der Waals surface area contributed by atoms with Crippen LogP contribution >= 0.6 is 24.0 Å². The van der Waals surface area contributed by atoms with Crippen molar-refractivity contribution in [1.82, 2.24) is 4.90 Å². The largest absolute Gasteiger partial charge is 0.497 e. The lowest BCUT2D eigenvalue weighted by molar-refractivity contribution is -0.122. The van der Waals surface area contributed by atoms with E-state index in [0.717, 1.165) is 40.4 Å². The molecule has 0 bridgehead atoms. The number of benzene rings is 1. The number of carbonyl (C=O) groups is 1. The summed E-state index contributed by atoms with van der Waals surface area (Å²) in [4.78, 5) is 17.8. The van der Waals surface area contributed by atoms with Gasteiger partial charge >= 0.3 is 0 Å². The second-order valence-corrected chi connectivity index (χ2v) is 8.70. The van der Waals surface area contributed by atoms with E-state index in [4.69, 9.17) is 17.0 Å². The molecule has 27 heavy (non-hydrogen) atoms. The maximum absolute atomic E-state index is 13.0. The Bertz CT molecular complexity index is 841. The molecule has 1 amide bonds. The zero-order valence-electron chi connectivity index (χ0n) is 15.7. The molecule has 1 aromatic rings. The summed E-state index contributed by atoms with van der Waals surface area (Å²) in [6, 6.07) is 6.60. The van der Waals surface area contributed by atoms with Gasteiger partial charge in [-0.25, -0.2) is 0 Å². The summed E-state index contributed by atoms with van der Waals surface area (Å²) >= 11 is 6.88. The molecule has 2 fully saturated rings. The van der Waals surface area contributed by atoms with Crippen LogP contribution in [0.4, 0.5) is 5.69 Å². The molecule has 0 N–H and O–H groups in total. The Morgan fingerprint density at radius 2 is 2.00 bits per heavy atom. The number of thioether (sulfide) groups is 1. The monoisotopic (exact) mass is 400 g/mol. The van der Waals surface area contributed by atoms with Gasteiger partial charge < -0.3 is 9.64 Å². The first kappa shape index (κ1) is 18.6. The molecule has 4 rings (SSSR count). The highest BCUT2D eigenvalue weighted by atomic mass is 32.2. The summed E-state index contributed by atoms with van der Waals surface area (Å²) in [6.45, 7) is 2.58. The smallest absolute Gasteiger partial charge is 0.268 e. The molecule has 0 aromatic heterocycles. The number of rotatable bonds is 3. The van der Waals surface area contributed by atoms with E-state index in [1.54, 1.807) is 12.0 Å². The maximum Gasteiger partial charge on any atom is 0.268 e. The summed E-state index contributed by atoms with van der Waals surface area (Å²) < 4.78 is 6.06. The van der Waals surface area contributed by atoms with Gasteiger partial charge in [0.05, 0.1) is 12.8 Å². The molecule has 0 unspecified atom stereocenters. The predicted octanol–water partition coefficient (Wildman–Crippen LogP) is 4.95. The van der Waals surface area contributed by atoms with E-state index in [9.17, 15) is 4.79 Å². The molecule has 1 aromatic carbocycles. The van der Waals surface area contributed by atoms with Crippen LogP contribution in [0.15, 0.2) is 34.9 Å². The number of fused-ring (bicyclic) bond motifs is 1. The summed E-state index contributed by atoms with van der Waals surface area (Å²) in [5.41, 5.74) is 3.28. The van der Waals surface area contributed by atoms with Crippen LogP contribution in [0.2, 0.25) is 0 Å². The molecule has 6 heteroatoms. The number of thiocarbonyl (C=S) groups is 1. The van der Waals surface area contributed by atoms with E-state index in [-0.39, 0.29) is 5.91 Å². The average Bonchev–Trinajstić information content (AvgIpc) is 3.00. The van der Waals surface area contributed by atoms with Gasteiger partial charge in [0.2, 0.25) is 0 Å².